The second-order valence-electron chi connectivity index (χ2n) is 3.38. The van der Waals surface area contributed by atoms with Crippen LogP contribution in [0.3, 0.4) is 0 Å². The lowest BCUT2D eigenvalue weighted by Crippen LogP contribution is -2.37. The average molecular weight is 243 g/mol. The van der Waals surface area contributed by atoms with E-state index in [1.807, 2.05) is 6.92 Å². The molecule has 1 heterocycles. The molecule has 1 aromatic rings. The largest absolute Gasteiger partial charge is 0.480 e. The maximum Gasteiger partial charge on any atom is 0.320 e. The zero-order valence-corrected chi connectivity index (χ0v) is 10.1. The summed E-state index contributed by atoms with van der Waals surface area (Å²) in [5.74, 6) is -0.0465. The molecule has 0 saturated carbocycles. The van der Waals surface area contributed by atoms with Crippen LogP contribution in [0.1, 0.15) is 19.8 Å². The first-order valence-electron chi connectivity index (χ1n) is 5.32. The fourth-order valence-corrected chi connectivity index (χ4v) is 2.07. The minimum absolute atomic E-state index is 0.456. The monoisotopic (exact) mass is 243 g/mol. The van der Waals surface area contributed by atoms with Gasteiger partial charge < -0.3 is 15.4 Å². The van der Waals surface area contributed by atoms with Crippen LogP contribution in [0.25, 0.3) is 0 Å². The van der Waals surface area contributed by atoms with Crippen molar-refractivity contribution in [1.29, 1.82) is 0 Å². The number of aromatic nitrogens is 2. The van der Waals surface area contributed by atoms with E-state index >= 15 is 0 Å². The summed E-state index contributed by atoms with van der Waals surface area (Å²) >= 11 is 1.54. The third-order valence-corrected chi connectivity index (χ3v) is 2.99. The number of hydrogen-bond acceptors (Lipinski definition) is 4. The number of nitrogens with zero attached hydrogens (tertiary/aromatic N) is 1. The Bertz CT molecular complexity index is 303. The molecule has 6 heteroatoms. The number of carboxylic acid groups (broad SMARTS) is 1. The lowest BCUT2D eigenvalue weighted by Gasteiger charge is -2.12. The molecule has 0 bridgehead atoms. The molecule has 0 spiro atoms. The maximum atomic E-state index is 10.9. The molecule has 1 atom stereocenters. The molecule has 0 aliphatic rings. The van der Waals surface area contributed by atoms with Crippen LogP contribution >= 0.6 is 11.8 Å². The van der Waals surface area contributed by atoms with Gasteiger partial charge in [0.2, 0.25) is 0 Å². The average Bonchev–Trinajstić information content (AvgIpc) is 2.75. The van der Waals surface area contributed by atoms with Crippen LogP contribution < -0.4 is 5.32 Å². The molecule has 1 rings (SSSR count). The van der Waals surface area contributed by atoms with Crippen molar-refractivity contribution in [3.63, 3.8) is 0 Å². The Morgan fingerprint density at radius 1 is 1.75 bits per heavy atom. The molecule has 0 aromatic carbocycles. The molecule has 0 amide bonds. The van der Waals surface area contributed by atoms with Gasteiger partial charge in [-0.1, -0.05) is 18.7 Å². The van der Waals surface area contributed by atoms with Crippen molar-refractivity contribution < 1.29 is 9.90 Å². The van der Waals surface area contributed by atoms with Crippen molar-refractivity contribution in [2.45, 2.75) is 31.0 Å². The number of rotatable bonds is 8. The van der Waals surface area contributed by atoms with Gasteiger partial charge in [0, 0.05) is 18.1 Å². The van der Waals surface area contributed by atoms with E-state index in [0.29, 0.717) is 6.42 Å². The third-order valence-electron chi connectivity index (χ3n) is 2.06. The molecular formula is C10H17N3O2S. The number of nitrogens with one attached hydrogen (secondary N) is 2. The van der Waals surface area contributed by atoms with Crippen molar-refractivity contribution in [2.75, 3.05) is 12.3 Å². The molecule has 0 saturated heterocycles. The van der Waals surface area contributed by atoms with Crippen LogP contribution in [0, 0.1) is 0 Å². The van der Waals surface area contributed by atoms with E-state index in [-0.39, 0.29) is 0 Å². The smallest absolute Gasteiger partial charge is 0.320 e. The first kappa shape index (κ1) is 13.1. The summed E-state index contributed by atoms with van der Waals surface area (Å²) in [5, 5.41) is 12.8. The molecular weight excluding hydrogens is 226 g/mol. The van der Waals surface area contributed by atoms with Crippen molar-refractivity contribution in [1.82, 2.24) is 15.3 Å². The van der Waals surface area contributed by atoms with Crippen LogP contribution in [0.15, 0.2) is 17.6 Å². The number of thioether (sulfide) groups is 1. The number of carbonyl (C=O) groups is 1. The molecule has 1 aromatic heterocycles. The van der Waals surface area contributed by atoms with Gasteiger partial charge >= 0.3 is 5.97 Å². The van der Waals surface area contributed by atoms with E-state index in [4.69, 9.17) is 5.11 Å². The fourth-order valence-electron chi connectivity index (χ4n) is 1.23. The highest BCUT2D eigenvalue weighted by molar-refractivity contribution is 7.99. The van der Waals surface area contributed by atoms with E-state index in [0.717, 1.165) is 23.9 Å². The van der Waals surface area contributed by atoms with Crippen molar-refractivity contribution in [3.8, 4) is 0 Å². The van der Waals surface area contributed by atoms with E-state index in [1.54, 1.807) is 12.4 Å². The molecule has 3 N–H and O–H groups in total. The summed E-state index contributed by atoms with van der Waals surface area (Å²) in [6.07, 6.45) is 4.98. The molecule has 0 radical (unpaired) electrons. The number of H-pyrrole nitrogens is 1. The van der Waals surface area contributed by atoms with Gasteiger partial charge in [-0.25, -0.2) is 4.98 Å². The van der Waals surface area contributed by atoms with E-state index in [1.165, 1.54) is 11.8 Å². The van der Waals surface area contributed by atoms with Crippen molar-refractivity contribution >= 4 is 17.7 Å². The van der Waals surface area contributed by atoms with E-state index < -0.39 is 12.0 Å². The van der Waals surface area contributed by atoms with E-state index in [2.05, 4.69) is 15.3 Å². The van der Waals surface area contributed by atoms with Gasteiger partial charge in [0.15, 0.2) is 5.16 Å². The standard InChI is InChI=1S/C10H17N3O2S/c1-2-4-11-8(9(14)15)3-7-16-10-12-5-6-13-10/h5-6,8,11H,2-4,7H2,1H3,(H,12,13)(H,14,15). The minimum atomic E-state index is -0.784. The Hall–Kier alpha value is -1.01. The highest BCUT2D eigenvalue weighted by atomic mass is 32.2. The molecule has 0 fully saturated rings. The Kier molecular flexibility index (Phi) is 5.95. The summed E-state index contributed by atoms with van der Waals surface area (Å²) < 4.78 is 0. The second kappa shape index (κ2) is 7.29. The molecule has 1 unspecified atom stereocenters. The number of carboxylic acids is 1. The zero-order chi connectivity index (χ0) is 11.8. The van der Waals surface area contributed by atoms with Gasteiger partial charge in [0.05, 0.1) is 0 Å². The van der Waals surface area contributed by atoms with Gasteiger partial charge in [-0.3, -0.25) is 4.79 Å². The first-order valence-corrected chi connectivity index (χ1v) is 6.31. The Morgan fingerprint density at radius 2 is 2.56 bits per heavy atom. The lowest BCUT2D eigenvalue weighted by atomic mass is 10.2. The van der Waals surface area contributed by atoms with Gasteiger partial charge in [0.1, 0.15) is 6.04 Å². The number of aliphatic carboxylic acids is 1. The summed E-state index contributed by atoms with van der Waals surface area (Å²) in [7, 11) is 0. The number of imidazole rings is 1. The normalized spacial score (nSPS) is 12.6. The molecule has 16 heavy (non-hydrogen) atoms. The highest BCUT2D eigenvalue weighted by Gasteiger charge is 2.15. The second-order valence-corrected chi connectivity index (χ2v) is 4.46. The van der Waals surface area contributed by atoms with Gasteiger partial charge in [0.25, 0.3) is 0 Å². The Morgan fingerprint density at radius 3 is 3.12 bits per heavy atom. The maximum absolute atomic E-state index is 10.9. The van der Waals surface area contributed by atoms with Crippen LogP contribution in [0.2, 0.25) is 0 Å². The van der Waals surface area contributed by atoms with Crippen LogP contribution in [-0.4, -0.2) is 39.4 Å². The third kappa shape index (κ3) is 4.67. The molecule has 0 aliphatic heterocycles. The Labute approximate surface area is 99.0 Å². The van der Waals surface area contributed by atoms with Crippen LogP contribution in [0.4, 0.5) is 0 Å². The molecule has 0 aliphatic carbocycles. The summed E-state index contributed by atoms with van der Waals surface area (Å²) in [4.78, 5) is 17.9. The molecule has 90 valence electrons. The van der Waals surface area contributed by atoms with Crippen molar-refractivity contribution in [3.05, 3.63) is 12.4 Å². The van der Waals surface area contributed by atoms with Gasteiger partial charge in [-0.05, 0) is 19.4 Å². The van der Waals surface area contributed by atoms with Crippen LogP contribution in [0.5, 0.6) is 0 Å². The predicted molar refractivity (Wildman–Crippen MR) is 63.6 cm³/mol. The Balaban J connectivity index is 2.24. The summed E-state index contributed by atoms with van der Waals surface area (Å²) in [6, 6.07) is -0.456. The first-order chi connectivity index (χ1) is 7.74. The predicted octanol–water partition coefficient (Wildman–Crippen LogP) is 1.34. The quantitative estimate of drug-likeness (QED) is 0.601. The molecule has 5 nitrogen and oxygen atoms in total. The van der Waals surface area contributed by atoms with Crippen LogP contribution in [-0.2, 0) is 4.79 Å². The van der Waals surface area contributed by atoms with E-state index in [9.17, 15) is 4.79 Å². The zero-order valence-electron chi connectivity index (χ0n) is 9.27. The summed E-state index contributed by atoms with van der Waals surface area (Å²) in [5.41, 5.74) is 0. The summed E-state index contributed by atoms with van der Waals surface area (Å²) in [6.45, 7) is 2.76. The minimum Gasteiger partial charge on any atom is -0.480 e. The van der Waals surface area contributed by atoms with Gasteiger partial charge in [-0.2, -0.15) is 0 Å². The fraction of sp³-hybridized carbons (Fsp3) is 0.600. The number of aromatic amines is 1. The number of hydrogen-bond donors (Lipinski definition) is 3. The van der Waals surface area contributed by atoms with Gasteiger partial charge in [-0.15, -0.1) is 0 Å². The lowest BCUT2D eigenvalue weighted by molar-refractivity contribution is -0.139. The van der Waals surface area contributed by atoms with Crippen molar-refractivity contribution in [2.24, 2.45) is 0 Å². The SMILES string of the molecule is CCCNC(CCSc1ncc[nH]1)C(=O)O. The highest BCUT2D eigenvalue weighted by Crippen LogP contribution is 2.13. The topological polar surface area (TPSA) is 78.0 Å².